The van der Waals surface area contributed by atoms with E-state index in [9.17, 15) is 9.00 Å². The quantitative estimate of drug-likeness (QED) is 0.605. The molecule has 0 bridgehead atoms. The average Bonchev–Trinajstić information content (AvgIpc) is 3.21. The van der Waals surface area contributed by atoms with Crippen LogP contribution in [-0.4, -0.2) is 32.0 Å². The topological polar surface area (TPSA) is 73.2 Å². The number of hydrogen-bond acceptors (Lipinski definition) is 4. The normalized spacial score (nSPS) is 14.2. The third-order valence-electron chi connectivity index (χ3n) is 4.90. The Hall–Kier alpha value is -2.93. The molecule has 1 amide bonds. The maximum absolute atomic E-state index is 12.8. The summed E-state index contributed by atoms with van der Waals surface area (Å²) in [6.07, 6.45) is 5.41. The zero-order chi connectivity index (χ0) is 20.2. The van der Waals surface area contributed by atoms with Crippen molar-refractivity contribution in [3.05, 3.63) is 66.0 Å². The van der Waals surface area contributed by atoms with Crippen LogP contribution in [0.5, 0.6) is 5.75 Å². The maximum atomic E-state index is 12.8. The zero-order valence-corrected chi connectivity index (χ0v) is 17.1. The molecule has 3 aromatic rings. The van der Waals surface area contributed by atoms with Crippen molar-refractivity contribution in [3.63, 3.8) is 0 Å². The summed E-state index contributed by atoms with van der Waals surface area (Å²) in [6, 6.07) is 13.7. The van der Waals surface area contributed by atoms with Gasteiger partial charge in [0.1, 0.15) is 5.75 Å². The van der Waals surface area contributed by atoms with Crippen LogP contribution in [-0.2, 0) is 22.0 Å². The standard InChI is InChI=1S/C22H23N3O3S/c1-16-5-2-3-6-20(16)25-12-11-23-22(25)29(27)14-4-13-28-18-8-9-19-17(15-18)7-10-21(26)24-19/h2-3,5-6,8-9,11-12,15H,4,7,10,13-14H2,1H3,(H,24,26)/t29-/m0/s1. The van der Waals surface area contributed by atoms with Gasteiger partial charge < -0.3 is 10.1 Å². The first-order valence-electron chi connectivity index (χ1n) is 9.65. The Kier molecular flexibility index (Phi) is 5.76. The van der Waals surface area contributed by atoms with Gasteiger partial charge in [-0.15, -0.1) is 0 Å². The molecule has 2 heterocycles. The first-order valence-corrected chi connectivity index (χ1v) is 11.0. The molecule has 0 aliphatic carbocycles. The van der Waals surface area contributed by atoms with Gasteiger partial charge in [-0.1, -0.05) is 18.2 Å². The number of nitrogens with one attached hydrogen (secondary N) is 1. The minimum Gasteiger partial charge on any atom is -0.494 e. The lowest BCUT2D eigenvalue weighted by Crippen LogP contribution is -2.18. The van der Waals surface area contributed by atoms with E-state index in [1.165, 1.54) is 0 Å². The highest BCUT2D eigenvalue weighted by Gasteiger charge is 2.16. The van der Waals surface area contributed by atoms with E-state index in [0.717, 1.165) is 34.7 Å². The third kappa shape index (κ3) is 4.40. The molecule has 1 aliphatic heterocycles. The highest BCUT2D eigenvalue weighted by atomic mass is 32.2. The van der Waals surface area contributed by atoms with E-state index in [1.807, 2.05) is 60.2 Å². The van der Waals surface area contributed by atoms with Crippen molar-refractivity contribution in [3.8, 4) is 11.4 Å². The second-order valence-corrected chi connectivity index (χ2v) is 8.45. The van der Waals surface area contributed by atoms with Crippen LogP contribution in [0.25, 0.3) is 5.69 Å². The number of aryl methyl sites for hydroxylation is 2. The van der Waals surface area contributed by atoms with Gasteiger partial charge in [-0.05, 0) is 55.2 Å². The molecular formula is C22H23N3O3S. The smallest absolute Gasteiger partial charge is 0.224 e. The van der Waals surface area contributed by atoms with Gasteiger partial charge in [0.15, 0.2) is 0 Å². The SMILES string of the molecule is Cc1ccccc1-n1ccnc1[S@@](=O)CCCOc1ccc2c(c1)CCC(=O)N2. The fourth-order valence-corrected chi connectivity index (χ4v) is 4.52. The van der Waals surface area contributed by atoms with E-state index in [-0.39, 0.29) is 5.91 Å². The molecule has 1 atom stereocenters. The van der Waals surface area contributed by atoms with Crippen molar-refractivity contribution in [2.75, 3.05) is 17.7 Å². The van der Waals surface area contributed by atoms with Crippen molar-refractivity contribution in [1.29, 1.82) is 0 Å². The summed E-state index contributed by atoms with van der Waals surface area (Å²) in [4.78, 5) is 15.8. The van der Waals surface area contributed by atoms with E-state index in [0.29, 0.717) is 30.4 Å². The number of carbonyl (C=O) groups is 1. The summed E-state index contributed by atoms with van der Waals surface area (Å²) >= 11 is 0. The number of amides is 1. The number of hydrogen-bond donors (Lipinski definition) is 1. The Morgan fingerprint density at radius 1 is 1.21 bits per heavy atom. The van der Waals surface area contributed by atoms with E-state index < -0.39 is 10.8 Å². The molecule has 4 rings (SSSR count). The maximum Gasteiger partial charge on any atom is 0.224 e. The minimum absolute atomic E-state index is 0.0534. The lowest BCUT2D eigenvalue weighted by Gasteiger charge is -2.17. The first kappa shape index (κ1) is 19.4. The van der Waals surface area contributed by atoms with Crippen molar-refractivity contribution in [2.24, 2.45) is 0 Å². The van der Waals surface area contributed by atoms with Gasteiger partial charge in [0.2, 0.25) is 11.1 Å². The van der Waals surface area contributed by atoms with Gasteiger partial charge in [0, 0.05) is 30.3 Å². The largest absolute Gasteiger partial charge is 0.494 e. The predicted molar refractivity (Wildman–Crippen MR) is 113 cm³/mol. The molecule has 1 N–H and O–H groups in total. The summed E-state index contributed by atoms with van der Waals surface area (Å²) < 4.78 is 20.5. The summed E-state index contributed by atoms with van der Waals surface area (Å²) in [5, 5.41) is 3.42. The molecule has 7 heteroatoms. The van der Waals surface area contributed by atoms with Crippen molar-refractivity contribution in [2.45, 2.75) is 31.3 Å². The zero-order valence-electron chi connectivity index (χ0n) is 16.3. The van der Waals surface area contributed by atoms with Crippen LogP contribution in [0, 0.1) is 6.92 Å². The Morgan fingerprint density at radius 3 is 2.93 bits per heavy atom. The molecule has 2 aromatic carbocycles. The summed E-state index contributed by atoms with van der Waals surface area (Å²) in [5.41, 5.74) is 4.05. The number of fused-ring (bicyclic) bond motifs is 1. The minimum atomic E-state index is -1.21. The highest BCUT2D eigenvalue weighted by Crippen LogP contribution is 2.27. The molecule has 0 unspecified atom stereocenters. The van der Waals surface area contributed by atoms with Crippen LogP contribution in [0.1, 0.15) is 24.0 Å². The predicted octanol–water partition coefficient (Wildman–Crippen LogP) is 3.64. The molecule has 1 aliphatic rings. The Bertz CT molecular complexity index is 1060. The number of benzene rings is 2. The van der Waals surface area contributed by atoms with E-state index in [4.69, 9.17) is 4.74 Å². The number of aromatic nitrogens is 2. The summed E-state index contributed by atoms with van der Waals surface area (Å²) in [5.74, 6) is 1.30. The van der Waals surface area contributed by atoms with Crippen molar-refractivity contribution >= 4 is 22.4 Å². The monoisotopic (exact) mass is 409 g/mol. The molecule has 0 radical (unpaired) electrons. The molecule has 0 spiro atoms. The molecule has 0 fully saturated rings. The van der Waals surface area contributed by atoms with E-state index in [1.54, 1.807) is 6.20 Å². The van der Waals surface area contributed by atoms with E-state index in [2.05, 4.69) is 10.3 Å². The van der Waals surface area contributed by atoms with Crippen molar-refractivity contribution < 1.29 is 13.7 Å². The fraction of sp³-hybridized carbons (Fsp3) is 0.273. The van der Waals surface area contributed by atoms with Crippen LogP contribution in [0.2, 0.25) is 0 Å². The highest BCUT2D eigenvalue weighted by molar-refractivity contribution is 7.84. The summed E-state index contributed by atoms with van der Waals surface area (Å²) in [7, 11) is -1.21. The molecule has 0 saturated carbocycles. The lowest BCUT2D eigenvalue weighted by atomic mass is 10.0. The van der Waals surface area contributed by atoms with E-state index >= 15 is 0 Å². The third-order valence-corrected chi connectivity index (χ3v) is 6.27. The first-order chi connectivity index (χ1) is 14.1. The van der Waals surface area contributed by atoms with Crippen LogP contribution >= 0.6 is 0 Å². The second kappa shape index (κ2) is 8.61. The average molecular weight is 410 g/mol. The lowest BCUT2D eigenvalue weighted by molar-refractivity contribution is -0.116. The van der Waals surface area contributed by atoms with Gasteiger partial charge >= 0.3 is 0 Å². The van der Waals surface area contributed by atoms with Crippen LogP contribution in [0.3, 0.4) is 0 Å². The number of nitrogens with zero attached hydrogens (tertiary/aromatic N) is 2. The fourth-order valence-electron chi connectivity index (χ4n) is 3.40. The second-order valence-electron chi connectivity index (χ2n) is 6.99. The Labute approximate surface area is 172 Å². The molecular weight excluding hydrogens is 386 g/mol. The molecule has 6 nitrogen and oxygen atoms in total. The van der Waals surface area contributed by atoms with Crippen LogP contribution in [0.15, 0.2) is 60.0 Å². The van der Waals surface area contributed by atoms with Crippen LogP contribution in [0.4, 0.5) is 5.69 Å². The molecule has 29 heavy (non-hydrogen) atoms. The van der Waals surface area contributed by atoms with Gasteiger partial charge in [-0.25, -0.2) is 4.98 Å². The Balaban J connectivity index is 1.33. The number of anilines is 1. The van der Waals surface area contributed by atoms with Gasteiger partial charge in [-0.2, -0.15) is 0 Å². The number of ether oxygens (including phenoxy) is 1. The van der Waals surface area contributed by atoms with Gasteiger partial charge in [0.25, 0.3) is 0 Å². The summed E-state index contributed by atoms with van der Waals surface area (Å²) in [6.45, 7) is 2.50. The number of imidazole rings is 1. The number of para-hydroxylation sites is 1. The molecule has 0 saturated heterocycles. The Morgan fingerprint density at radius 2 is 2.07 bits per heavy atom. The molecule has 150 valence electrons. The van der Waals surface area contributed by atoms with Crippen molar-refractivity contribution in [1.82, 2.24) is 9.55 Å². The number of rotatable bonds is 7. The van der Waals surface area contributed by atoms with Crippen LogP contribution < -0.4 is 10.1 Å². The molecule has 1 aromatic heterocycles. The van der Waals surface area contributed by atoms with Gasteiger partial charge in [-0.3, -0.25) is 13.6 Å². The van der Waals surface area contributed by atoms with Gasteiger partial charge in [0.05, 0.1) is 23.1 Å². The number of carbonyl (C=O) groups excluding carboxylic acids is 1.